The number of nitrogens with zero attached hydrogens (tertiary/aromatic N) is 1. The summed E-state index contributed by atoms with van der Waals surface area (Å²) in [7, 11) is -3.97. The largest absolute Gasteiger partial charge is 0.481 e. The van der Waals surface area contributed by atoms with Gasteiger partial charge in [0.25, 0.3) is 5.56 Å². The van der Waals surface area contributed by atoms with Crippen molar-refractivity contribution in [3.8, 4) is 12.3 Å². The van der Waals surface area contributed by atoms with Crippen molar-refractivity contribution < 1.29 is 23.4 Å². The molecule has 0 bridgehead atoms. The lowest BCUT2D eigenvalue weighted by Gasteiger charge is -2.19. The van der Waals surface area contributed by atoms with Crippen LogP contribution in [0.1, 0.15) is 18.4 Å². The highest BCUT2D eigenvalue weighted by Crippen LogP contribution is 2.28. The first-order chi connectivity index (χ1) is 14.3. The Balaban J connectivity index is 2.17. The molecule has 0 saturated carbocycles. The highest BCUT2D eigenvalue weighted by atomic mass is 32.2. The molecule has 3 rings (SSSR count). The molecule has 30 heavy (non-hydrogen) atoms. The second-order valence-corrected chi connectivity index (χ2v) is 8.68. The summed E-state index contributed by atoms with van der Waals surface area (Å²) in [6.07, 6.45) is 7.67. The number of carboxylic acids is 1. The van der Waals surface area contributed by atoms with E-state index in [9.17, 15) is 23.1 Å². The van der Waals surface area contributed by atoms with E-state index in [0.717, 1.165) is 9.87 Å². The van der Waals surface area contributed by atoms with Crippen LogP contribution in [0.25, 0.3) is 21.8 Å². The van der Waals surface area contributed by atoms with Gasteiger partial charge in [0.2, 0.25) is 10.0 Å². The molecule has 4 N–H and O–H groups in total. The number of aliphatic hydroxyl groups excluding tert-OH is 1. The summed E-state index contributed by atoms with van der Waals surface area (Å²) in [5.41, 5.74) is 1.12. The number of rotatable bonds is 9. The Bertz CT molecular complexity index is 1300. The summed E-state index contributed by atoms with van der Waals surface area (Å²) < 4.78 is 27.0. The summed E-state index contributed by atoms with van der Waals surface area (Å²) >= 11 is 0. The molecule has 0 atom stereocenters. The Morgan fingerprint density at radius 1 is 1.30 bits per heavy atom. The maximum absolute atomic E-state index is 13.0. The molecule has 2 aromatic heterocycles. The van der Waals surface area contributed by atoms with Crippen LogP contribution in [0.5, 0.6) is 0 Å². The number of carboxylic acid groups (broad SMARTS) is 1. The molecule has 1 aromatic carbocycles. The first kappa shape index (κ1) is 21.6. The monoisotopic (exact) mass is 431 g/mol. The van der Waals surface area contributed by atoms with Crippen molar-refractivity contribution in [2.45, 2.75) is 24.2 Å². The van der Waals surface area contributed by atoms with Crippen LogP contribution < -0.4 is 5.56 Å². The fraction of sp³-hybridized carbons (Fsp3) is 0.300. The smallest absolute Gasteiger partial charge is 0.303 e. The Hall–Kier alpha value is -3.13. The minimum absolute atomic E-state index is 0.0182. The predicted octanol–water partition coefficient (Wildman–Crippen LogP) is 1.03. The van der Waals surface area contributed by atoms with Crippen LogP contribution in [0, 0.1) is 12.3 Å². The van der Waals surface area contributed by atoms with Crippen molar-refractivity contribution in [3.63, 3.8) is 0 Å². The summed E-state index contributed by atoms with van der Waals surface area (Å²) in [5.74, 6) is 1.36. The molecule has 158 valence electrons. The average molecular weight is 431 g/mol. The maximum atomic E-state index is 13.0. The van der Waals surface area contributed by atoms with Gasteiger partial charge in [0.15, 0.2) is 0 Å². The van der Waals surface area contributed by atoms with E-state index in [1.165, 1.54) is 18.2 Å². The molecule has 0 amide bonds. The summed E-state index contributed by atoms with van der Waals surface area (Å²) in [5, 5.41) is 19.1. The summed E-state index contributed by atoms with van der Waals surface area (Å²) in [6, 6.07) is 4.33. The quantitative estimate of drug-likeness (QED) is 0.373. The first-order valence-electron chi connectivity index (χ1n) is 9.22. The molecular weight excluding hydrogens is 410 g/mol. The number of nitrogens with one attached hydrogen (secondary N) is 2. The van der Waals surface area contributed by atoms with Crippen LogP contribution >= 0.6 is 0 Å². The Kier molecular flexibility index (Phi) is 6.26. The van der Waals surface area contributed by atoms with Gasteiger partial charge in [-0.15, -0.1) is 6.42 Å². The SMILES string of the molecule is C#CCN(CCO)S(=O)(=O)c1ccc2[nH]c(=O)c3[nH]cc(CCCC(=O)O)c3c2c1. The van der Waals surface area contributed by atoms with E-state index in [2.05, 4.69) is 15.9 Å². The number of sulfonamides is 1. The number of aliphatic carboxylic acids is 1. The number of benzene rings is 1. The highest BCUT2D eigenvalue weighted by molar-refractivity contribution is 7.89. The van der Waals surface area contributed by atoms with Crippen LogP contribution in [-0.4, -0.2) is 58.6 Å². The number of terminal acetylenes is 1. The Morgan fingerprint density at radius 3 is 2.73 bits per heavy atom. The van der Waals surface area contributed by atoms with E-state index in [-0.39, 0.29) is 36.6 Å². The minimum atomic E-state index is -3.97. The van der Waals surface area contributed by atoms with Crippen molar-refractivity contribution >= 4 is 37.8 Å². The van der Waals surface area contributed by atoms with Gasteiger partial charge in [0.1, 0.15) is 5.52 Å². The average Bonchev–Trinajstić information content (AvgIpc) is 3.12. The molecule has 9 nitrogen and oxygen atoms in total. The zero-order valence-electron chi connectivity index (χ0n) is 16.0. The van der Waals surface area contributed by atoms with Crippen LogP contribution in [0.4, 0.5) is 0 Å². The molecule has 3 aromatic rings. The number of aromatic amines is 2. The zero-order chi connectivity index (χ0) is 21.9. The lowest BCUT2D eigenvalue weighted by Crippen LogP contribution is -2.34. The molecule has 0 spiro atoms. The standard InChI is InChI=1S/C20H21N3O6S/c1-2-8-23(9-10-24)30(28,29)14-6-7-16-15(11-14)18-13(4-3-5-17(25)26)12-21-19(18)20(27)22-16/h1,6-7,11-12,21,24H,3-5,8-10H2,(H,22,27)(H,25,26). The van der Waals surface area contributed by atoms with Crippen molar-refractivity contribution in [3.05, 3.63) is 40.3 Å². The van der Waals surface area contributed by atoms with E-state index in [0.29, 0.717) is 34.6 Å². The summed E-state index contributed by atoms with van der Waals surface area (Å²) in [4.78, 5) is 28.8. The van der Waals surface area contributed by atoms with Gasteiger partial charge in [0.05, 0.1) is 18.0 Å². The van der Waals surface area contributed by atoms with Gasteiger partial charge < -0.3 is 20.2 Å². The van der Waals surface area contributed by atoms with Crippen LogP contribution in [0.3, 0.4) is 0 Å². The first-order valence-corrected chi connectivity index (χ1v) is 10.7. The second-order valence-electron chi connectivity index (χ2n) is 6.74. The molecular formula is C20H21N3O6S. The number of aromatic nitrogens is 2. The van der Waals surface area contributed by atoms with Crippen molar-refractivity contribution in [2.24, 2.45) is 0 Å². The number of fused-ring (bicyclic) bond motifs is 3. The van der Waals surface area contributed by atoms with Gasteiger partial charge in [-0.1, -0.05) is 5.92 Å². The van der Waals surface area contributed by atoms with E-state index < -0.39 is 16.0 Å². The highest BCUT2D eigenvalue weighted by Gasteiger charge is 2.24. The van der Waals surface area contributed by atoms with Crippen molar-refractivity contribution in [1.82, 2.24) is 14.3 Å². The van der Waals surface area contributed by atoms with Crippen LogP contribution in [0.15, 0.2) is 34.1 Å². The lowest BCUT2D eigenvalue weighted by molar-refractivity contribution is -0.137. The number of pyridine rings is 1. The number of aryl methyl sites for hydroxylation is 1. The number of aliphatic hydroxyl groups is 1. The molecule has 0 fully saturated rings. The van der Waals surface area contributed by atoms with Gasteiger partial charge in [-0.3, -0.25) is 9.59 Å². The normalized spacial score (nSPS) is 11.9. The molecule has 0 aliphatic heterocycles. The molecule has 0 radical (unpaired) electrons. The number of H-pyrrole nitrogens is 2. The van der Waals surface area contributed by atoms with Gasteiger partial charge in [0, 0.05) is 35.5 Å². The fourth-order valence-electron chi connectivity index (χ4n) is 3.41. The minimum Gasteiger partial charge on any atom is -0.481 e. The zero-order valence-corrected chi connectivity index (χ0v) is 16.8. The maximum Gasteiger partial charge on any atom is 0.303 e. The fourth-order valence-corrected chi connectivity index (χ4v) is 4.78. The number of hydrogen-bond acceptors (Lipinski definition) is 5. The topological polar surface area (TPSA) is 144 Å². The third-order valence-corrected chi connectivity index (χ3v) is 6.63. The van der Waals surface area contributed by atoms with E-state index in [1.807, 2.05) is 0 Å². The summed E-state index contributed by atoms with van der Waals surface area (Å²) in [6.45, 7) is -0.708. The number of hydrogen-bond donors (Lipinski definition) is 4. The molecule has 10 heteroatoms. The third kappa shape index (κ3) is 4.09. The van der Waals surface area contributed by atoms with Crippen LogP contribution in [-0.2, 0) is 21.2 Å². The van der Waals surface area contributed by atoms with E-state index in [4.69, 9.17) is 11.5 Å². The lowest BCUT2D eigenvalue weighted by atomic mass is 10.0. The van der Waals surface area contributed by atoms with Gasteiger partial charge in [-0.2, -0.15) is 4.31 Å². The van der Waals surface area contributed by atoms with Crippen molar-refractivity contribution in [1.29, 1.82) is 0 Å². The van der Waals surface area contributed by atoms with E-state index in [1.54, 1.807) is 6.20 Å². The molecule has 0 saturated heterocycles. The predicted molar refractivity (Wildman–Crippen MR) is 112 cm³/mol. The van der Waals surface area contributed by atoms with Gasteiger partial charge in [-0.25, -0.2) is 8.42 Å². The Morgan fingerprint density at radius 2 is 2.07 bits per heavy atom. The molecule has 0 unspecified atom stereocenters. The van der Waals surface area contributed by atoms with Crippen LogP contribution in [0.2, 0.25) is 0 Å². The molecule has 0 aliphatic rings. The molecule has 0 aliphatic carbocycles. The second kappa shape index (κ2) is 8.71. The third-order valence-electron chi connectivity index (χ3n) is 4.79. The van der Waals surface area contributed by atoms with Gasteiger partial charge in [-0.05, 0) is 36.6 Å². The van der Waals surface area contributed by atoms with Gasteiger partial charge >= 0.3 is 5.97 Å². The van der Waals surface area contributed by atoms with Crippen molar-refractivity contribution in [2.75, 3.05) is 19.7 Å². The Labute approximate surface area is 172 Å². The van der Waals surface area contributed by atoms with E-state index >= 15 is 0 Å². The number of carbonyl (C=O) groups is 1. The molecule has 2 heterocycles.